The minimum absolute atomic E-state index is 0.190. The second kappa shape index (κ2) is 5.02. The van der Waals surface area contributed by atoms with Crippen LogP contribution in [0.15, 0.2) is 72.8 Å². The average molecular weight is 326 g/mol. The van der Waals surface area contributed by atoms with Crippen molar-refractivity contribution in [2.45, 2.75) is 0 Å². The molecule has 0 saturated heterocycles. The fourth-order valence-corrected chi connectivity index (χ4v) is 3.51. The predicted molar refractivity (Wildman–Crippen MR) is 98.2 cm³/mol. The molecule has 1 aliphatic rings. The van der Waals surface area contributed by atoms with Gasteiger partial charge in [-0.3, -0.25) is 0 Å². The zero-order chi connectivity index (χ0) is 17.0. The summed E-state index contributed by atoms with van der Waals surface area (Å²) in [6.45, 7) is 0. The number of rotatable bonds is 1. The van der Waals surface area contributed by atoms with E-state index in [4.69, 9.17) is 4.74 Å². The molecule has 0 radical (unpaired) electrons. The smallest absolute Gasteiger partial charge is 0.138 e. The van der Waals surface area contributed by atoms with Crippen molar-refractivity contribution in [2.24, 2.45) is 0 Å². The van der Waals surface area contributed by atoms with Gasteiger partial charge in [0.05, 0.1) is 0 Å². The Morgan fingerprint density at radius 1 is 0.600 bits per heavy atom. The summed E-state index contributed by atoms with van der Waals surface area (Å²) in [5.41, 5.74) is 4.19. The molecule has 1 aliphatic heterocycles. The largest absolute Gasteiger partial charge is 0.508 e. The number of aromatic hydroxyl groups is 2. The van der Waals surface area contributed by atoms with Gasteiger partial charge in [-0.05, 0) is 52.4 Å². The Morgan fingerprint density at radius 3 is 2.16 bits per heavy atom. The summed E-state index contributed by atoms with van der Waals surface area (Å²) in [7, 11) is 0. The normalized spacial score (nSPS) is 11.8. The Balaban J connectivity index is 1.82. The highest BCUT2D eigenvalue weighted by atomic mass is 16.5. The van der Waals surface area contributed by atoms with Crippen LogP contribution in [-0.2, 0) is 0 Å². The molecule has 25 heavy (non-hydrogen) atoms. The molecule has 0 aromatic heterocycles. The van der Waals surface area contributed by atoms with Gasteiger partial charge in [-0.2, -0.15) is 0 Å². The minimum Gasteiger partial charge on any atom is -0.508 e. The molecule has 0 bridgehead atoms. The van der Waals surface area contributed by atoms with Crippen molar-refractivity contribution in [1.82, 2.24) is 0 Å². The van der Waals surface area contributed by atoms with Crippen molar-refractivity contribution in [1.29, 1.82) is 0 Å². The van der Waals surface area contributed by atoms with E-state index in [0.717, 1.165) is 38.8 Å². The Bertz CT molecular complexity index is 1130. The molecule has 5 rings (SSSR count). The lowest BCUT2D eigenvalue weighted by molar-refractivity contribution is 0.457. The van der Waals surface area contributed by atoms with Crippen LogP contribution in [0.1, 0.15) is 0 Å². The summed E-state index contributed by atoms with van der Waals surface area (Å²) in [5, 5.41) is 21.4. The predicted octanol–water partition coefficient (Wildman–Crippen LogP) is 5.69. The fraction of sp³-hybridized carbons (Fsp3) is 0. The lowest BCUT2D eigenvalue weighted by Crippen LogP contribution is -1.97. The molecule has 0 atom stereocenters. The van der Waals surface area contributed by atoms with Gasteiger partial charge in [0.1, 0.15) is 23.0 Å². The molecule has 0 spiro atoms. The van der Waals surface area contributed by atoms with Gasteiger partial charge in [-0.15, -0.1) is 0 Å². The van der Waals surface area contributed by atoms with E-state index in [2.05, 4.69) is 18.2 Å². The lowest BCUT2D eigenvalue weighted by Gasteiger charge is -2.22. The van der Waals surface area contributed by atoms with Crippen LogP contribution in [0.5, 0.6) is 23.0 Å². The second-order valence-electron chi connectivity index (χ2n) is 6.17. The van der Waals surface area contributed by atoms with E-state index in [1.54, 1.807) is 24.3 Å². The van der Waals surface area contributed by atoms with Gasteiger partial charge in [0.15, 0.2) is 0 Å². The summed E-state index contributed by atoms with van der Waals surface area (Å²) in [6, 6.07) is 22.6. The second-order valence-corrected chi connectivity index (χ2v) is 6.17. The molecular formula is C22H14O3. The zero-order valence-corrected chi connectivity index (χ0v) is 13.2. The van der Waals surface area contributed by atoms with E-state index < -0.39 is 0 Å². The highest BCUT2D eigenvalue weighted by Crippen LogP contribution is 2.49. The molecule has 3 nitrogen and oxygen atoms in total. The topological polar surface area (TPSA) is 49.7 Å². The molecular weight excluding hydrogens is 312 g/mol. The summed E-state index contributed by atoms with van der Waals surface area (Å²) < 4.78 is 6.04. The highest BCUT2D eigenvalue weighted by molar-refractivity contribution is 6.10. The van der Waals surface area contributed by atoms with Gasteiger partial charge in [-0.1, -0.05) is 36.4 Å². The summed E-state index contributed by atoms with van der Waals surface area (Å²) >= 11 is 0. The zero-order valence-electron chi connectivity index (χ0n) is 13.2. The van der Waals surface area contributed by atoms with Crippen molar-refractivity contribution < 1.29 is 14.9 Å². The monoisotopic (exact) mass is 326 g/mol. The van der Waals surface area contributed by atoms with Crippen LogP contribution < -0.4 is 4.74 Å². The first-order valence-electron chi connectivity index (χ1n) is 8.07. The van der Waals surface area contributed by atoms with Crippen LogP contribution in [0.25, 0.3) is 33.0 Å². The first-order valence-corrected chi connectivity index (χ1v) is 8.07. The average Bonchev–Trinajstić information content (AvgIpc) is 2.62. The third-order valence-corrected chi connectivity index (χ3v) is 4.66. The van der Waals surface area contributed by atoms with Crippen LogP contribution in [-0.4, -0.2) is 10.2 Å². The van der Waals surface area contributed by atoms with E-state index >= 15 is 0 Å². The molecule has 0 fully saturated rings. The Hall–Kier alpha value is -3.46. The number of ether oxygens (including phenoxy) is 1. The quantitative estimate of drug-likeness (QED) is 0.416. The van der Waals surface area contributed by atoms with E-state index in [1.807, 2.05) is 30.3 Å². The van der Waals surface area contributed by atoms with E-state index in [-0.39, 0.29) is 11.5 Å². The maximum absolute atomic E-state index is 9.75. The number of hydrogen-bond acceptors (Lipinski definition) is 3. The Labute approximate surface area is 144 Å². The van der Waals surface area contributed by atoms with Gasteiger partial charge in [0, 0.05) is 17.0 Å². The Morgan fingerprint density at radius 2 is 1.32 bits per heavy atom. The Kier molecular flexibility index (Phi) is 2.80. The van der Waals surface area contributed by atoms with E-state index in [0.29, 0.717) is 5.75 Å². The van der Waals surface area contributed by atoms with Gasteiger partial charge >= 0.3 is 0 Å². The molecule has 0 unspecified atom stereocenters. The van der Waals surface area contributed by atoms with Crippen LogP contribution >= 0.6 is 0 Å². The standard InChI is InChI=1S/C22H14O3/c23-14-6-4-13(5-7-14)16-10-11-19-17-9-8-15(24)12-21(17)25-20-3-1-2-18(16)22(19)20/h1-12,23-24H. The van der Waals surface area contributed by atoms with Crippen molar-refractivity contribution in [3.8, 4) is 45.3 Å². The molecule has 0 aliphatic carbocycles. The number of benzene rings is 4. The molecule has 4 aromatic carbocycles. The molecule has 120 valence electrons. The fourth-order valence-electron chi connectivity index (χ4n) is 3.51. The number of fused-ring (bicyclic) bond motifs is 2. The maximum atomic E-state index is 9.75. The van der Waals surface area contributed by atoms with Crippen LogP contribution in [0, 0.1) is 0 Å². The summed E-state index contributed by atoms with van der Waals surface area (Å²) in [5.74, 6) is 1.89. The first kappa shape index (κ1) is 13.9. The van der Waals surface area contributed by atoms with Crippen LogP contribution in [0.2, 0.25) is 0 Å². The molecule has 4 aromatic rings. The van der Waals surface area contributed by atoms with Crippen molar-refractivity contribution >= 4 is 10.8 Å². The molecule has 0 saturated carbocycles. The maximum Gasteiger partial charge on any atom is 0.138 e. The minimum atomic E-state index is 0.190. The highest BCUT2D eigenvalue weighted by Gasteiger charge is 2.21. The summed E-state index contributed by atoms with van der Waals surface area (Å²) in [6.07, 6.45) is 0. The van der Waals surface area contributed by atoms with Crippen LogP contribution in [0.3, 0.4) is 0 Å². The van der Waals surface area contributed by atoms with Crippen molar-refractivity contribution in [3.63, 3.8) is 0 Å². The first-order chi connectivity index (χ1) is 12.2. The SMILES string of the molecule is Oc1ccc(-c2ccc3c4c(cccc24)Oc2cc(O)ccc2-3)cc1. The molecule has 2 N–H and O–H groups in total. The third-order valence-electron chi connectivity index (χ3n) is 4.66. The molecule has 1 heterocycles. The molecule has 0 amide bonds. The number of phenolic OH excluding ortho intramolecular Hbond substituents is 2. The van der Waals surface area contributed by atoms with Gasteiger partial charge < -0.3 is 14.9 Å². The molecule has 3 heteroatoms. The van der Waals surface area contributed by atoms with Crippen LogP contribution in [0.4, 0.5) is 0 Å². The van der Waals surface area contributed by atoms with Gasteiger partial charge in [-0.25, -0.2) is 0 Å². The van der Waals surface area contributed by atoms with E-state index in [1.165, 1.54) is 0 Å². The third kappa shape index (κ3) is 2.06. The van der Waals surface area contributed by atoms with Crippen molar-refractivity contribution in [2.75, 3.05) is 0 Å². The van der Waals surface area contributed by atoms with Crippen molar-refractivity contribution in [3.05, 3.63) is 72.8 Å². The number of phenols is 2. The van der Waals surface area contributed by atoms with E-state index in [9.17, 15) is 10.2 Å². The summed E-state index contributed by atoms with van der Waals surface area (Å²) in [4.78, 5) is 0. The lowest BCUT2D eigenvalue weighted by atomic mass is 9.90. The van der Waals surface area contributed by atoms with Gasteiger partial charge in [0.25, 0.3) is 0 Å². The van der Waals surface area contributed by atoms with Gasteiger partial charge in [0.2, 0.25) is 0 Å². The number of hydrogen-bond donors (Lipinski definition) is 2.